The Bertz CT molecular complexity index is 328. The molecule has 1 aromatic heterocycles. The maximum Gasteiger partial charge on any atom is 0.220 e. The zero-order chi connectivity index (χ0) is 10.4. The molecule has 1 unspecified atom stereocenters. The maximum absolute atomic E-state index is 10.6. The number of thiophene rings is 1. The van der Waals surface area contributed by atoms with Gasteiger partial charge in [-0.1, -0.05) is 6.07 Å². The van der Waals surface area contributed by atoms with Crippen molar-refractivity contribution in [3.05, 3.63) is 22.4 Å². The second-order valence-corrected chi connectivity index (χ2v) is 3.84. The highest BCUT2D eigenvalue weighted by molar-refractivity contribution is 7.09. The summed E-state index contributed by atoms with van der Waals surface area (Å²) in [4.78, 5) is 11.7. The monoisotopic (exact) mass is 209 g/mol. The van der Waals surface area contributed by atoms with Crippen LogP contribution >= 0.6 is 11.3 Å². The van der Waals surface area contributed by atoms with Crippen molar-refractivity contribution in [1.29, 1.82) is 5.26 Å². The van der Waals surface area contributed by atoms with Crippen LogP contribution < -0.4 is 11.1 Å². The zero-order valence-electron chi connectivity index (χ0n) is 7.56. The van der Waals surface area contributed by atoms with E-state index < -0.39 is 11.9 Å². The Hall–Kier alpha value is -1.38. The van der Waals surface area contributed by atoms with Gasteiger partial charge in [-0.25, -0.2) is 0 Å². The van der Waals surface area contributed by atoms with Gasteiger partial charge >= 0.3 is 0 Å². The molecule has 0 saturated heterocycles. The third-order valence-corrected chi connectivity index (χ3v) is 2.54. The molecule has 0 aliphatic carbocycles. The second-order valence-electron chi connectivity index (χ2n) is 2.81. The molecular weight excluding hydrogens is 198 g/mol. The van der Waals surface area contributed by atoms with Crippen LogP contribution in [0.4, 0.5) is 0 Å². The molecule has 0 aliphatic rings. The first-order valence-corrected chi connectivity index (χ1v) is 5.04. The number of nitrogens with two attached hydrogens (primary N) is 1. The highest BCUT2D eigenvalue weighted by Gasteiger charge is 2.09. The molecule has 0 aliphatic heterocycles. The van der Waals surface area contributed by atoms with E-state index in [2.05, 4.69) is 5.32 Å². The Kier molecular flexibility index (Phi) is 4.11. The molecule has 0 spiro atoms. The van der Waals surface area contributed by atoms with E-state index in [0.717, 1.165) is 4.88 Å². The van der Waals surface area contributed by atoms with E-state index in [4.69, 9.17) is 11.0 Å². The molecule has 0 radical (unpaired) electrons. The first kappa shape index (κ1) is 10.7. The van der Waals surface area contributed by atoms with Crippen molar-refractivity contribution in [2.24, 2.45) is 5.73 Å². The van der Waals surface area contributed by atoms with E-state index in [0.29, 0.717) is 6.54 Å². The lowest BCUT2D eigenvalue weighted by Crippen LogP contribution is -2.31. The minimum absolute atomic E-state index is 0.0574. The summed E-state index contributed by atoms with van der Waals surface area (Å²) >= 11 is 1.61. The van der Waals surface area contributed by atoms with E-state index in [1.54, 1.807) is 11.3 Å². The fraction of sp³-hybridized carbons (Fsp3) is 0.333. The van der Waals surface area contributed by atoms with Crippen molar-refractivity contribution in [3.8, 4) is 6.07 Å². The van der Waals surface area contributed by atoms with Gasteiger partial charge in [-0.3, -0.25) is 10.1 Å². The second kappa shape index (κ2) is 5.37. The number of hydrogen-bond acceptors (Lipinski definition) is 4. The number of primary amides is 1. The number of carbonyl (C=O) groups excluding carboxylic acids is 1. The summed E-state index contributed by atoms with van der Waals surface area (Å²) in [5, 5.41) is 13.6. The number of hydrogen-bond donors (Lipinski definition) is 2. The van der Waals surface area contributed by atoms with Crippen molar-refractivity contribution < 1.29 is 4.79 Å². The average molecular weight is 209 g/mol. The molecule has 3 N–H and O–H groups in total. The van der Waals surface area contributed by atoms with Crippen LogP contribution in [0, 0.1) is 11.3 Å². The summed E-state index contributed by atoms with van der Waals surface area (Å²) in [6.45, 7) is 0.600. The van der Waals surface area contributed by atoms with Crippen LogP contribution in [0.3, 0.4) is 0 Å². The van der Waals surface area contributed by atoms with Crippen LogP contribution in [-0.4, -0.2) is 11.9 Å². The Morgan fingerprint density at radius 3 is 3.07 bits per heavy atom. The molecule has 74 valence electrons. The molecule has 0 aromatic carbocycles. The van der Waals surface area contributed by atoms with Gasteiger partial charge in [0.05, 0.1) is 12.5 Å². The summed E-state index contributed by atoms with van der Waals surface area (Å²) in [5.41, 5.74) is 4.99. The van der Waals surface area contributed by atoms with E-state index in [9.17, 15) is 4.79 Å². The number of rotatable bonds is 5. The lowest BCUT2D eigenvalue weighted by molar-refractivity contribution is -0.118. The Morgan fingerprint density at radius 2 is 2.57 bits per heavy atom. The Labute approximate surface area is 86.3 Å². The molecule has 14 heavy (non-hydrogen) atoms. The minimum atomic E-state index is -0.491. The number of carbonyl (C=O) groups is 1. The normalized spacial score (nSPS) is 11.9. The summed E-state index contributed by atoms with van der Waals surface area (Å²) in [5.74, 6) is -0.463. The van der Waals surface area contributed by atoms with E-state index in [1.807, 2.05) is 23.6 Å². The average Bonchev–Trinajstić information content (AvgIpc) is 2.64. The predicted molar refractivity (Wildman–Crippen MR) is 54.4 cm³/mol. The van der Waals surface area contributed by atoms with Crippen molar-refractivity contribution in [2.45, 2.75) is 19.0 Å². The maximum atomic E-state index is 10.6. The fourth-order valence-corrected chi connectivity index (χ4v) is 1.66. The quantitative estimate of drug-likeness (QED) is 0.745. The third kappa shape index (κ3) is 3.56. The molecule has 1 amide bonds. The summed E-state index contributed by atoms with van der Waals surface area (Å²) in [6, 6.07) is 5.41. The molecule has 1 rings (SSSR count). The minimum Gasteiger partial charge on any atom is -0.370 e. The van der Waals surface area contributed by atoms with Gasteiger partial charge in [-0.2, -0.15) is 5.26 Å². The van der Waals surface area contributed by atoms with Crippen LogP contribution in [0.25, 0.3) is 0 Å². The first-order chi connectivity index (χ1) is 6.72. The molecule has 1 aromatic rings. The smallest absolute Gasteiger partial charge is 0.220 e. The number of nitriles is 1. The third-order valence-electron chi connectivity index (χ3n) is 1.66. The van der Waals surface area contributed by atoms with Crippen molar-refractivity contribution in [2.75, 3.05) is 0 Å². The fourth-order valence-electron chi connectivity index (χ4n) is 1.00. The van der Waals surface area contributed by atoms with Crippen molar-refractivity contribution >= 4 is 17.2 Å². The lowest BCUT2D eigenvalue weighted by Gasteiger charge is -2.07. The van der Waals surface area contributed by atoms with Gasteiger partial charge in [0.2, 0.25) is 5.91 Å². The highest BCUT2D eigenvalue weighted by atomic mass is 32.1. The van der Waals surface area contributed by atoms with Crippen LogP contribution in [-0.2, 0) is 11.3 Å². The van der Waals surface area contributed by atoms with Gasteiger partial charge < -0.3 is 5.73 Å². The first-order valence-electron chi connectivity index (χ1n) is 4.16. The van der Waals surface area contributed by atoms with E-state index >= 15 is 0 Å². The van der Waals surface area contributed by atoms with E-state index in [-0.39, 0.29) is 6.42 Å². The predicted octanol–water partition coefficient (Wildman–Crippen LogP) is 0.605. The molecular formula is C9H11N3OS. The van der Waals surface area contributed by atoms with Crippen molar-refractivity contribution in [1.82, 2.24) is 5.32 Å². The number of amides is 1. The Morgan fingerprint density at radius 1 is 1.79 bits per heavy atom. The van der Waals surface area contributed by atoms with Crippen molar-refractivity contribution in [3.63, 3.8) is 0 Å². The molecule has 0 fully saturated rings. The summed E-state index contributed by atoms with van der Waals surface area (Å²) in [7, 11) is 0. The zero-order valence-corrected chi connectivity index (χ0v) is 8.38. The molecule has 1 atom stereocenters. The van der Waals surface area contributed by atoms with Crippen LogP contribution in [0.2, 0.25) is 0 Å². The lowest BCUT2D eigenvalue weighted by atomic mass is 10.2. The van der Waals surface area contributed by atoms with Gasteiger partial charge in [0.1, 0.15) is 6.04 Å². The topological polar surface area (TPSA) is 78.9 Å². The van der Waals surface area contributed by atoms with Gasteiger partial charge in [-0.05, 0) is 11.4 Å². The van der Waals surface area contributed by atoms with Gasteiger partial charge in [0.15, 0.2) is 0 Å². The largest absolute Gasteiger partial charge is 0.370 e. The van der Waals surface area contributed by atoms with Gasteiger partial charge in [-0.15, -0.1) is 11.3 Å². The standard InChI is InChI=1S/C9H11N3OS/c10-5-7(4-9(11)13)12-6-8-2-1-3-14-8/h1-3,7,12H,4,6H2,(H2,11,13). The molecule has 1 heterocycles. The number of nitrogens with one attached hydrogen (secondary N) is 1. The van der Waals surface area contributed by atoms with Gasteiger partial charge in [0.25, 0.3) is 0 Å². The van der Waals surface area contributed by atoms with E-state index in [1.165, 1.54) is 0 Å². The van der Waals surface area contributed by atoms with Gasteiger partial charge in [0, 0.05) is 11.4 Å². The molecule has 0 bridgehead atoms. The SMILES string of the molecule is N#CC(CC(N)=O)NCc1cccs1. The molecule has 5 heteroatoms. The highest BCUT2D eigenvalue weighted by Crippen LogP contribution is 2.07. The van der Waals surface area contributed by atoms with Crippen LogP contribution in [0.5, 0.6) is 0 Å². The van der Waals surface area contributed by atoms with Crippen LogP contribution in [0.15, 0.2) is 17.5 Å². The summed E-state index contributed by atoms with van der Waals surface area (Å²) in [6.07, 6.45) is 0.0574. The summed E-state index contributed by atoms with van der Waals surface area (Å²) < 4.78 is 0. The van der Waals surface area contributed by atoms with Crippen LogP contribution in [0.1, 0.15) is 11.3 Å². The molecule has 4 nitrogen and oxygen atoms in total. The number of nitrogens with zero attached hydrogens (tertiary/aromatic N) is 1. The molecule has 0 saturated carbocycles. The Balaban J connectivity index is 2.35.